The third kappa shape index (κ3) is 7.00. The molecule has 0 saturated carbocycles. The van der Waals surface area contributed by atoms with Gasteiger partial charge in [-0.25, -0.2) is 4.79 Å². The number of thioether (sulfide) groups is 1. The van der Waals surface area contributed by atoms with Gasteiger partial charge in [-0.1, -0.05) is 48.2 Å². The van der Waals surface area contributed by atoms with Gasteiger partial charge in [0.15, 0.2) is 5.78 Å². The second kappa shape index (κ2) is 14.3. The highest BCUT2D eigenvalue weighted by Crippen LogP contribution is 2.32. The van der Waals surface area contributed by atoms with Crippen molar-refractivity contribution in [3.63, 3.8) is 0 Å². The molecule has 1 aromatic heterocycles. The van der Waals surface area contributed by atoms with E-state index in [1.54, 1.807) is 17.8 Å². The molecule has 0 bridgehead atoms. The number of hydrogen-bond acceptors (Lipinski definition) is 6. The van der Waals surface area contributed by atoms with Crippen LogP contribution in [-0.2, 0) is 16.2 Å². The van der Waals surface area contributed by atoms with Crippen molar-refractivity contribution in [2.75, 3.05) is 5.75 Å². The highest BCUT2D eigenvalue weighted by Gasteiger charge is 2.20. The van der Waals surface area contributed by atoms with Crippen molar-refractivity contribution < 1.29 is 19.2 Å². The van der Waals surface area contributed by atoms with Gasteiger partial charge >= 0.3 is 5.97 Å². The van der Waals surface area contributed by atoms with Crippen LogP contribution in [0.1, 0.15) is 72.9 Å². The van der Waals surface area contributed by atoms with E-state index in [0.29, 0.717) is 28.9 Å². The van der Waals surface area contributed by atoms with Gasteiger partial charge in [0.25, 0.3) is 0 Å². The zero-order chi connectivity index (χ0) is 32.0. The van der Waals surface area contributed by atoms with Gasteiger partial charge in [-0.2, -0.15) is 0 Å². The Balaban J connectivity index is 1.73. The molecule has 0 radical (unpaired) electrons. The van der Waals surface area contributed by atoms with E-state index in [1.807, 2.05) is 94.4 Å². The first-order valence-electron chi connectivity index (χ1n) is 14.6. The van der Waals surface area contributed by atoms with E-state index in [4.69, 9.17) is 4.84 Å². The molecule has 4 rings (SSSR count). The molecule has 0 N–H and O–H groups in total. The lowest BCUT2D eigenvalue weighted by atomic mass is 9.97. The van der Waals surface area contributed by atoms with Crippen molar-refractivity contribution in [3.05, 3.63) is 118 Å². The van der Waals surface area contributed by atoms with Crippen LogP contribution in [0.3, 0.4) is 0 Å². The third-order valence-corrected chi connectivity index (χ3v) is 8.76. The number of rotatable bonds is 12. The van der Waals surface area contributed by atoms with Crippen LogP contribution in [0, 0.1) is 6.92 Å². The first-order valence-corrected chi connectivity index (χ1v) is 15.6. The first-order chi connectivity index (χ1) is 21.1. The molecule has 0 spiro atoms. The molecular weight excluding hydrogens is 568 g/mol. The van der Waals surface area contributed by atoms with Gasteiger partial charge in [-0.15, -0.1) is 11.8 Å². The van der Waals surface area contributed by atoms with Gasteiger partial charge in [0.2, 0.25) is 5.78 Å². The molecule has 0 amide bonds. The van der Waals surface area contributed by atoms with E-state index in [0.717, 1.165) is 50.0 Å². The maximum absolute atomic E-state index is 13.8. The number of ketones is 2. The molecule has 3 aromatic carbocycles. The smallest absolute Gasteiger partial charge is 0.331 e. The van der Waals surface area contributed by atoms with Crippen molar-refractivity contribution in [2.45, 2.75) is 54.5 Å². The van der Waals surface area contributed by atoms with Crippen LogP contribution >= 0.6 is 11.8 Å². The van der Waals surface area contributed by atoms with Crippen molar-refractivity contribution >= 4 is 56.8 Å². The summed E-state index contributed by atoms with van der Waals surface area (Å²) in [6.45, 7) is 16.0. The summed E-state index contributed by atoms with van der Waals surface area (Å²) >= 11 is 1.59. The number of hydrogen-bond donors (Lipinski definition) is 0. The molecular formula is C37H38N2O4S. The molecule has 6 nitrogen and oxygen atoms in total. The summed E-state index contributed by atoms with van der Waals surface area (Å²) in [7, 11) is 0. The Bertz CT molecular complexity index is 1870. The zero-order valence-corrected chi connectivity index (χ0v) is 27.0. The molecule has 7 heteroatoms. The molecule has 1 heterocycles. The maximum Gasteiger partial charge on any atom is 0.331 e. The van der Waals surface area contributed by atoms with Crippen LogP contribution in [-0.4, -0.2) is 33.6 Å². The fourth-order valence-electron chi connectivity index (χ4n) is 5.35. The minimum Gasteiger partial charge on any atom is -0.341 e. The number of Topliss-reactive ketones (excluding diaryl/α,β-unsaturated/α-hetero) is 1. The molecule has 0 aliphatic carbocycles. The number of allylic oxidation sites excluding steroid dienone is 4. The number of oxime groups is 1. The van der Waals surface area contributed by atoms with Crippen LogP contribution in [0.15, 0.2) is 101 Å². The molecule has 0 aliphatic rings. The van der Waals surface area contributed by atoms with E-state index < -0.39 is 5.97 Å². The standard InChI is InChI=1S/C37H38N2O4S/c1-8-12-25(6)37(23(3)4)44-20-19-32(38-43-26(7)40)36(42)28-16-18-34-31(22-28)30-21-27(15-17-33(30)39(34)9-2)35(41)29-14-11-10-13-24(29)5/h8,10-18,21-22H,3,9,19-20H2,1-2,4-7H3/b12-8-,37-25+,38-32+. The Labute approximate surface area is 263 Å². The molecule has 226 valence electrons. The Hall–Kier alpha value is -4.49. The van der Waals surface area contributed by atoms with Crippen LogP contribution in [0.4, 0.5) is 0 Å². The van der Waals surface area contributed by atoms with E-state index in [1.165, 1.54) is 6.92 Å². The Morgan fingerprint density at radius 3 is 2.18 bits per heavy atom. The number of nitrogens with zero attached hydrogens (tertiary/aromatic N) is 2. The summed E-state index contributed by atoms with van der Waals surface area (Å²) in [5.74, 6) is -0.410. The summed E-state index contributed by atoms with van der Waals surface area (Å²) in [5.41, 5.74) is 6.73. The monoisotopic (exact) mass is 606 g/mol. The number of aryl methyl sites for hydroxylation is 2. The van der Waals surface area contributed by atoms with Crippen LogP contribution in [0.25, 0.3) is 21.8 Å². The predicted molar refractivity (Wildman–Crippen MR) is 183 cm³/mol. The second-order valence-electron chi connectivity index (χ2n) is 10.7. The predicted octanol–water partition coefficient (Wildman–Crippen LogP) is 9.01. The fraction of sp³-hybridized carbons (Fsp3) is 0.243. The van der Waals surface area contributed by atoms with E-state index in [-0.39, 0.29) is 17.3 Å². The Kier molecular flexibility index (Phi) is 10.6. The van der Waals surface area contributed by atoms with Gasteiger partial charge in [0.05, 0.1) is 0 Å². The number of carbonyl (C=O) groups excluding carboxylic acids is 3. The van der Waals surface area contributed by atoms with Crippen LogP contribution in [0.2, 0.25) is 0 Å². The number of aromatic nitrogens is 1. The lowest BCUT2D eigenvalue weighted by molar-refractivity contribution is -0.140. The molecule has 44 heavy (non-hydrogen) atoms. The highest BCUT2D eigenvalue weighted by atomic mass is 32.2. The SMILES string of the molecule is C=C(C)/C(SCC/C(=N\OC(C)=O)C(=O)c1ccc2c(c1)c1cc(C(=O)c3ccccc3C)ccc1n2CC)=C(C)\C=C/C. The molecule has 0 saturated heterocycles. The molecule has 0 aliphatic heterocycles. The lowest BCUT2D eigenvalue weighted by Crippen LogP contribution is -2.17. The quantitative estimate of drug-likeness (QED) is 0.0529. The molecule has 0 unspecified atom stereocenters. The summed E-state index contributed by atoms with van der Waals surface area (Å²) in [4.78, 5) is 44.9. The highest BCUT2D eigenvalue weighted by molar-refractivity contribution is 8.03. The van der Waals surface area contributed by atoms with Gasteiger partial charge < -0.3 is 9.40 Å². The first kappa shape index (κ1) is 32.4. The average molecular weight is 607 g/mol. The fourth-order valence-corrected chi connectivity index (χ4v) is 6.39. The van der Waals surface area contributed by atoms with Crippen molar-refractivity contribution in [3.8, 4) is 0 Å². The summed E-state index contributed by atoms with van der Waals surface area (Å²) in [5, 5.41) is 5.72. The van der Waals surface area contributed by atoms with Gasteiger partial charge in [0, 0.05) is 69.0 Å². The summed E-state index contributed by atoms with van der Waals surface area (Å²) in [6, 6.07) is 18.9. The zero-order valence-electron chi connectivity index (χ0n) is 26.2. The molecule has 0 atom stereocenters. The normalized spacial score (nSPS) is 12.5. The average Bonchev–Trinajstić information content (AvgIpc) is 3.32. The van der Waals surface area contributed by atoms with E-state index >= 15 is 0 Å². The lowest BCUT2D eigenvalue weighted by Gasteiger charge is -2.11. The van der Waals surface area contributed by atoms with Gasteiger partial charge in [-0.3, -0.25) is 9.59 Å². The van der Waals surface area contributed by atoms with Crippen LogP contribution in [0.5, 0.6) is 0 Å². The number of fused-ring (bicyclic) bond motifs is 3. The largest absolute Gasteiger partial charge is 0.341 e. The summed E-state index contributed by atoms with van der Waals surface area (Å²) < 4.78 is 2.17. The van der Waals surface area contributed by atoms with Gasteiger partial charge in [-0.05, 0) is 87.7 Å². The second-order valence-corrected chi connectivity index (χ2v) is 11.8. The molecule has 4 aromatic rings. The van der Waals surface area contributed by atoms with Crippen molar-refractivity contribution in [1.82, 2.24) is 4.57 Å². The number of carbonyl (C=O) groups is 3. The number of benzene rings is 3. The Morgan fingerprint density at radius 1 is 0.955 bits per heavy atom. The third-order valence-electron chi connectivity index (χ3n) is 7.39. The van der Waals surface area contributed by atoms with Crippen molar-refractivity contribution in [2.24, 2.45) is 5.16 Å². The van der Waals surface area contributed by atoms with Crippen molar-refractivity contribution in [1.29, 1.82) is 0 Å². The summed E-state index contributed by atoms with van der Waals surface area (Å²) in [6.07, 6.45) is 4.29. The maximum atomic E-state index is 13.8. The molecule has 0 fully saturated rings. The van der Waals surface area contributed by atoms with E-state index in [9.17, 15) is 14.4 Å². The Morgan fingerprint density at radius 2 is 1.59 bits per heavy atom. The van der Waals surface area contributed by atoms with Gasteiger partial charge in [0.1, 0.15) is 5.71 Å². The minimum atomic E-state index is -0.596. The van der Waals surface area contributed by atoms with E-state index in [2.05, 4.69) is 23.2 Å². The topological polar surface area (TPSA) is 77.7 Å². The minimum absolute atomic E-state index is 0.0456. The van der Waals surface area contributed by atoms with Crippen LogP contribution < -0.4 is 0 Å².